The molecule has 3 nitrogen and oxygen atoms in total. The summed E-state index contributed by atoms with van der Waals surface area (Å²) < 4.78 is 0. The smallest absolute Gasteiger partial charge is 0.0113 e. The minimum absolute atomic E-state index is 0.00632. The highest BCUT2D eigenvalue weighted by atomic mass is 15.3. The predicted octanol–water partition coefficient (Wildman–Crippen LogP) is 0.894. The van der Waals surface area contributed by atoms with Crippen molar-refractivity contribution in [2.24, 2.45) is 5.73 Å². The van der Waals surface area contributed by atoms with Crippen LogP contribution < -0.4 is 5.73 Å². The molecule has 1 saturated heterocycles. The van der Waals surface area contributed by atoms with Gasteiger partial charge in [0.05, 0.1) is 0 Å². The number of hydrogen-bond donors (Lipinski definition) is 1. The van der Waals surface area contributed by atoms with E-state index >= 15 is 0 Å². The highest BCUT2D eigenvalue weighted by molar-refractivity contribution is 4.87. The van der Waals surface area contributed by atoms with Crippen molar-refractivity contribution in [3.05, 3.63) is 0 Å². The molecule has 88 valence electrons. The second kappa shape index (κ2) is 4.40. The molecule has 1 saturated carbocycles. The van der Waals surface area contributed by atoms with Crippen molar-refractivity contribution < 1.29 is 0 Å². The Kier molecular flexibility index (Phi) is 3.33. The van der Waals surface area contributed by atoms with E-state index in [1.54, 1.807) is 0 Å². The lowest BCUT2D eigenvalue weighted by Crippen LogP contribution is -2.48. The molecular formula is C12H25N3. The third kappa shape index (κ3) is 3.74. The largest absolute Gasteiger partial charge is 0.326 e. The van der Waals surface area contributed by atoms with Crippen LogP contribution in [0.2, 0.25) is 0 Å². The average Bonchev–Trinajstić information content (AvgIpc) is 2.98. The van der Waals surface area contributed by atoms with Crippen LogP contribution in [0, 0.1) is 0 Å². The van der Waals surface area contributed by atoms with Crippen molar-refractivity contribution in [1.82, 2.24) is 9.80 Å². The molecule has 1 aliphatic carbocycles. The van der Waals surface area contributed by atoms with E-state index in [2.05, 4.69) is 23.6 Å². The Labute approximate surface area is 93.6 Å². The van der Waals surface area contributed by atoms with Crippen LogP contribution in [0.15, 0.2) is 0 Å². The summed E-state index contributed by atoms with van der Waals surface area (Å²) in [7, 11) is 0. The molecule has 0 spiro atoms. The topological polar surface area (TPSA) is 32.5 Å². The molecule has 0 aromatic rings. The quantitative estimate of drug-likeness (QED) is 0.750. The maximum absolute atomic E-state index is 6.00. The first kappa shape index (κ1) is 11.4. The van der Waals surface area contributed by atoms with Gasteiger partial charge in [-0.2, -0.15) is 0 Å². The van der Waals surface area contributed by atoms with Crippen LogP contribution in [0.25, 0.3) is 0 Å². The molecule has 0 aromatic heterocycles. The van der Waals surface area contributed by atoms with E-state index in [0.29, 0.717) is 0 Å². The van der Waals surface area contributed by atoms with E-state index < -0.39 is 0 Å². The van der Waals surface area contributed by atoms with Gasteiger partial charge in [0.15, 0.2) is 0 Å². The number of nitrogens with two attached hydrogens (primary N) is 1. The van der Waals surface area contributed by atoms with Gasteiger partial charge in [0.25, 0.3) is 0 Å². The first-order chi connectivity index (χ1) is 7.04. The zero-order valence-corrected chi connectivity index (χ0v) is 10.2. The van der Waals surface area contributed by atoms with Gasteiger partial charge in [-0.25, -0.2) is 0 Å². The lowest BCUT2D eigenvalue weighted by atomic mass is 10.0. The van der Waals surface area contributed by atoms with Gasteiger partial charge in [-0.3, -0.25) is 4.90 Å². The molecule has 3 heteroatoms. The van der Waals surface area contributed by atoms with Gasteiger partial charge in [-0.05, 0) is 39.7 Å². The summed E-state index contributed by atoms with van der Waals surface area (Å²) in [6.45, 7) is 10.4. The van der Waals surface area contributed by atoms with Crippen molar-refractivity contribution in [2.45, 2.75) is 44.7 Å². The van der Waals surface area contributed by atoms with Crippen molar-refractivity contribution in [3.63, 3.8) is 0 Å². The first-order valence-corrected chi connectivity index (χ1v) is 6.30. The second-order valence-corrected chi connectivity index (χ2v) is 5.85. The van der Waals surface area contributed by atoms with Gasteiger partial charge in [0, 0.05) is 37.8 Å². The first-order valence-electron chi connectivity index (χ1n) is 6.30. The van der Waals surface area contributed by atoms with Gasteiger partial charge in [0.1, 0.15) is 0 Å². The summed E-state index contributed by atoms with van der Waals surface area (Å²) in [6.07, 6.45) is 3.99. The normalized spacial score (nSPS) is 25.8. The molecule has 0 amide bonds. The Morgan fingerprint density at radius 1 is 1.13 bits per heavy atom. The fraction of sp³-hybridized carbons (Fsp3) is 1.00. The Morgan fingerprint density at radius 3 is 2.20 bits per heavy atom. The van der Waals surface area contributed by atoms with Crippen LogP contribution in [-0.2, 0) is 0 Å². The minimum atomic E-state index is -0.00632. The van der Waals surface area contributed by atoms with Crippen molar-refractivity contribution in [2.75, 3.05) is 32.7 Å². The zero-order valence-electron chi connectivity index (χ0n) is 10.2. The molecular weight excluding hydrogens is 186 g/mol. The fourth-order valence-electron chi connectivity index (χ4n) is 2.24. The molecule has 1 heterocycles. The Morgan fingerprint density at radius 2 is 1.73 bits per heavy atom. The third-order valence-corrected chi connectivity index (χ3v) is 3.54. The van der Waals surface area contributed by atoms with Crippen molar-refractivity contribution in [1.29, 1.82) is 0 Å². The van der Waals surface area contributed by atoms with Crippen LogP contribution in [0.5, 0.6) is 0 Å². The maximum atomic E-state index is 6.00. The van der Waals surface area contributed by atoms with E-state index in [4.69, 9.17) is 5.73 Å². The van der Waals surface area contributed by atoms with Gasteiger partial charge >= 0.3 is 0 Å². The number of piperazine rings is 1. The molecule has 1 aliphatic heterocycles. The summed E-state index contributed by atoms with van der Waals surface area (Å²) >= 11 is 0. The van der Waals surface area contributed by atoms with Crippen molar-refractivity contribution in [3.8, 4) is 0 Å². The highest BCUT2D eigenvalue weighted by Crippen LogP contribution is 2.27. The monoisotopic (exact) mass is 211 g/mol. The Balaban J connectivity index is 1.64. The van der Waals surface area contributed by atoms with Crippen molar-refractivity contribution >= 4 is 0 Å². The number of rotatable bonds is 4. The van der Waals surface area contributed by atoms with Gasteiger partial charge in [0.2, 0.25) is 0 Å². The Hall–Kier alpha value is -0.120. The average molecular weight is 211 g/mol. The number of nitrogens with zero attached hydrogens (tertiary/aromatic N) is 2. The molecule has 2 aliphatic rings. The summed E-state index contributed by atoms with van der Waals surface area (Å²) in [6, 6.07) is 0.943. The summed E-state index contributed by atoms with van der Waals surface area (Å²) in [5, 5.41) is 0. The van der Waals surface area contributed by atoms with Crippen LogP contribution in [0.3, 0.4) is 0 Å². The van der Waals surface area contributed by atoms with Gasteiger partial charge < -0.3 is 10.6 Å². The lowest BCUT2D eigenvalue weighted by molar-refractivity contribution is 0.120. The maximum Gasteiger partial charge on any atom is 0.0113 e. The molecule has 2 fully saturated rings. The summed E-state index contributed by atoms with van der Waals surface area (Å²) in [5.74, 6) is 0. The van der Waals surface area contributed by atoms with Gasteiger partial charge in [-0.15, -0.1) is 0 Å². The SMILES string of the molecule is CC(C)(N)CCN1CCN(C2CC2)CC1. The zero-order chi connectivity index (χ0) is 10.9. The molecule has 0 bridgehead atoms. The highest BCUT2D eigenvalue weighted by Gasteiger charge is 2.31. The third-order valence-electron chi connectivity index (χ3n) is 3.54. The van der Waals surface area contributed by atoms with E-state index in [-0.39, 0.29) is 5.54 Å². The lowest BCUT2D eigenvalue weighted by Gasteiger charge is -2.36. The standard InChI is InChI=1S/C12H25N3/c1-12(2,13)5-6-14-7-9-15(10-8-14)11-3-4-11/h11H,3-10,13H2,1-2H3. The van der Waals surface area contributed by atoms with E-state index in [0.717, 1.165) is 12.5 Å². The second-order valence-electron chi connectivity index (χ2n) is 5.85. The molecule has 15 heavy (non-hydrogen) atoms. The number of hydrogen-bond acceptors (Lipinski definition) is 3. The molecule has 0 radical (unpaired) electrons. The van der Waals surface area contributed by atoms with Crippen LogP contribution in [0.1, 0.15) is 33.1 Å². The van der Waals surface area contributed by atoms with Crippen LogP contribution in [0.4, 0.5) is 0 Å². The molecule has 0 unspecified atom stereocenters. The van der Waals surface area contributed by atoms with Gasteiger partial charge in [-0.1, -0.05) is 0 Å². The van der Waals surface area contributed by atoms with E-state index in [1.165, 1.54) is 45.6 Å². The molecule has 2 rings (SSSR count). The minimum Gasteiger partial charge on any atom is -0.326 e. The molecule has 0 aromatic carbocycles. The summed E-state index contributed by atoms with van der Waals surface area (Å²) in [5.41, 5.74) is 5.99. The van der Waals surface area contributed by atoms with E-state index in [9.17, 15) is 0 Å². The van der Waals surface area contributed by atoms with Crippen LogP contribution in [-0.4, -0.2) is 54.1 Å². The summed E-state index contributed by atoms with van der Waals surface area (Å²) in [4.78, 5) is 5.22. The van der Waals surface area contributed by atoms with Crippen LogP contribution >= 0.6 is 0 Å². The Bertz CT molecular complexity index is 197. The molecule has 2 N–H and O–H groups in total. The molecule has 0 atom stereocenters. The van der Waals surface area contributed by atoms with E-state index in [1.807, 2.05) is 0 Å². The predicted molar refractivity (Wildman–Crippen MR) is 63.9 cm³/mol. The fourth-order valence-corrected chi connectivity index (χ4v) is 2.24.